The zero-order chi connectivity index (χ0) is 12.0. The van der Waals surface area contributed by atoms with Gasteiger partial charge >= 0.3 is 0 Å². The summed E-state index contributed by atoms with van der Waals surface area (Å²) in [5.41, 5.74) is 1.71. The molecule has 1 unspecified atom stereocenters. The van der Waals surface area contributed by atoms with Gasteiger partial charge in [0, 0.05) is 5.92 Å². The molecule has 1 aliphatic carbocycles. The third-order valence-corrected chi connectivity index (χ3v) is 3.64. The Morgan fingerprint density at radius 2 is 2.12 bits per heavy atom. The second kappa shape index (κ2) is 6.22. The lowest BCUT2D eigenvalue weighted by molar-refractivity contribution is -0.110. The van der Waals surface area contributed by atoms with Gasteiger partial charge in [-0.1, -0.05) is 51.7 Å². The van der Waals surface area contributed by atoms with Crippen molar-refractivity contribution < 1.29 is 4.79 Å². The molecule has 1 rings (SSSR count). The summed E-state index contributed by atoms with van der Waals surface area (Å²) in [6, 6.07) is 0. The Balaban J connectivity index is 2.51. The standard InChI is InChI=1S/C15H26O/c1-4-5-6-7-8-13-11-15(2,3)10-9-14(13)12-16/h11-12,14H,4-10H2,1-3H3. The Kier molecular flexibility index (Phi) is 5.24. The predicted octanol–water partition coefficient (Wildman–Crippen LogP) is 4.52. The first-order chi connectivity index (χ1) is 7.59. The second-order valence-corrected chi connectivity index (χ2v) is 5.80. The Morgan fingerprint density at radius 3 is 2.75 bits per heavy atom. The van der Waals surface area contributed by atoms with Crippen LogP contribution in [0.5, 0.6) is 0 Å². The van der Waals surface area contributed by atoms with Crippen molar-refractivity contribution in [2.75, 3.05) is 0 Å². The Morgan fingerprint density at radius 1 is 1.38 bits per heavy atom. The summed E-state index contributed by atoms with van der Waals surface area (Å²) < 4.78 is 0. The number of carbonyl (C=O) groups excluding carboxylic acids is 1. The van der Waals surface area contributed by atoms with Crippen LogP contribution < -0.4 is 0 Å². The van der Waals surface area contributed by atoms with Gasteiger partial charge in [-0.25, -0.2) is 0 Å². The highest BCUT2D eigenvalue weighted by atomic mass is 16.1. The van der Waals surface area contributed by atoms with Crippen LogP contribution >= 0.6 is 0 Å². The first kappa shape index (κ1) is 13.5. The first-order valence-electron chi connectivity index (χ1n) is 6.76. The second-order valence-electron chi connectivity index (χ2n) is 5.80. The van der Waals surface area contributed by atoms with Crippen molar-refractivity contribution in [1.82, 2.24) is 0 Å². The number of hydrogen-bond donors (Lipinski definition) is 0. The number of carbonyl (C=O) groups is 1. The molecule has 92 valence electrons. The SMILES string of the molecule is CCCCCCC1=CC(C)(C)CCC1C=O. The number of unbranched alkanes of at least 4 members (excludes halogenated alkanes) is 3. The van der Waals surface area contributed by atoms with Crippen molar-refractivity contribution in [3.63, 3.8) is 0 Å². The zero-order valence-corrected chi connectivity index (χ0v) is 11.1. The van der Waals surface area contributed by atoms with Crippen LogP contribution in [-0.2, 0) is 4.79 Å². The minimum atomic E-state index is 0.217. The third-order valence-electron chi connectivity index (χ3n) is 3.64. The van der Waals surface area contributed by atoms with E-state index < -0.39 is 0 Å². The molecular weight excluding hydrogens is 196 g/mol. The summed E-state index contributed by atoms with van der Waals surface area (Å²) in [7, 11) is 0. The fourth-order valence-corrected chi connectivity index (χ4v) is 2.56. The van der Waals surface area contributed by atoms with E-state index in [0.29, 0.717) is 5.41 Å². The van der Waals surface area contributed by atoms with Crippen molar-refractivity contribution in [2.45, 2.75) is 65.7 Å². The molecule has 0 heterocycles. The van der Waals surface area contributed by atoms with Gasteiger partial charge in [-0.15, -0.1) is 0 Å². The lowest BCUT2D eigenvalue weighted by Crippen LogP contribution is -2.21. The average Bonchev–Trinajstić information content (AvgIpc) is 2.24. The van der Waals surface area contributed by atoms with E-state index in [1.165, 1.54) is 31.3 Å². The Labute approximate surface area is 100 Å². The summed E-state index contributed by atoms with van der Waals surface area (Å²) >= 11 is 0. The van der Waals surface area contributed by atoms with Gasteiger partial charge in [0.1, 0.15) is 6.29 Å². The smallest absolute Gasteiger partial charge is 0.127 e. The summed E-state index contributed by atoms with van der Waals surface area (Å²) in [6.07, 6.45) is 12.0. The highest BCUT2D eigenvalue weighted by Crippen LogP contribution is 2.37. The maximum Gasteiger partial charge on any atom is 0.127 e. The maximum absolute atomic E-state index is 11.0. The summed E-state index contributed by atoms with van der Waals surface area (Å²) in [4.78, 5) is 11.0. The molecule has 0 aromatic rings. The number of rotatable bonds is 6. The molecule has 1 heteroatoms. The maximum atomic E-state index is 11.0. The van der Waals surface area contributed by atoms with Crippen LogP contribution in [0.1, 0.15) is 65.7 Å². The van der Waals surface area contributed by atoms with Crippen LogP contribution in [0, 0.1) is 11.3 Å². The van der Waals surface area contributed by atoms with Gasteiger partial charge in [-0.05, 0) is 31.1 Å². The summed E-state index contributed by atoms with van der Waals surface area (Å²) in [5.74, 6) is 0.217. The third kappa shape index (κ3) is 4.11. The van der Waals surface area contributed by atoms with Crippen LogP contribution in [0.2, 0.25) is 0 Å². The van der Waals surface area contributed by atoms with Gasteiger partial charge in [0.15, 0.2) is 0 Å². The van der Waals surface area contributed by atoms with Gasteiger partial charge < -0.3 is 4.79 Å². The van der Waals surface area contributed by atoms with Gasteiger partial charge in [0.25, 0.3) is 0 Å². The highest BCUT2D eigenvalue weighted by Gasteiger charge is 2.26. The van der Waals surface area contributed by atoms with Gasteiger partial charge in [0.2, 0.25) is 0 Å². The van der Waals surface area contributed by atoms with Crippen molar-refractivity contribution in [3.05, 3.63) is 11.6 Å². The monoisotopic (exact) mass is 222 g/mol. The molecule has 0 amide bonds. The first-order valence-corrected chi connectivity index (χ1v) is 6.76. The highest BCUT2D eigenvalue weighted by molar-refractivity contribution is 5.59. The van der Waals surface area contributed by atoms with Gasteiger partial charge in [-0.2, -0.15) is 0 Å². The molecule has 0 spiro atoms. The van der Waals surface area contributed by atoms with Crippen molar-refractivity contribution in [3.8, 4) is 0 Å². The lowest BCUT2D eigenvalue weighted by atomic mass is 9.74. The molecule has 0 aromatic heterocycles. The number of aldehydes is 1. The van der Waals surface area contributed by atoms with Crippen molar-refractivity contribution in [1.29, 1.82) is 0 Å². The molecule has 0 saturated carbocycles. The molecule has 0 bridgehead atoms. The Hall–Kier alpha value is -0.590. The molecule has 1 aliphatic rings. The number of hydrogen-bond acceptors (Lipinski definition) is 1. The molecule has 0 fully saturated rings. The van der Waals surface area contributed by atoms with Crippen LogP contribution in [-0.4, -0.2) is 6.29 Å². The van der Waals surface area contributed by atoms with E-state index in [2.05, 4.69) is 26.8 Å². The predicted molar refractivity (Wildman–Crippen MR) is 69.4 cm³/mol. The van der Waals surface area contributed by atoms with E-state index in [-0.39, 0.29) is 5.92 Å². The molecule has 1 atom stereocenters. The largest absolute Gasteiger partial charge is 0.303 e. The van der Waals surface area contributed by atoms with Gasteiger partial charge in [-0.3, -0.25) is 0 Å². The molecule has 0 radical (unpaired) electrons. The fraction of sp³-hybridized carbons (Fsp3) is 0.800. The molecule has 0 N–H and O–H groups in total. The zero-order valence-electron chi connectivity index (χ0n) is 11.1. The minimum absolute atomic E-state index is 0.217. The Bertz CT molecular complexity index is 250. The topological polar surface area (TPSA) is 17.1 Å². The van der Waals surface area contributed by atoms with Crippen LogP contribution in [0.4, 0.5) is 0 Å². The normalized spacial score (nSPS) is 23.9. The molecule has 0 aromatic carbocycles. The van der Waals surface area contributed by atoms with E-state index in [1.54, 1.807) is 0 Å². The van der Waals surface area contributed by atoms with E-state index >= 15 is 0 Å². The molecule has 1 nitrogen and oxygen atoms in total. The molecular formula is C15H26O. The lowest BCUT2D eigenvalue weighted by Gasteiger charge is -2.31. The minimum Gasteiger partial charge on any atom is -0.303 e. The molecule has 0 aliphatic heterocycles. The van der Waals surface area contributed by atoms with E-state index in [0.717, 1.165) is 25.5 Å². The molecule has 16 heavy (non-hydrogen) atoms. The number of allylic oxidation sites excluding steroid dienone is 2. The molecule has 0 saturated heterocycles. The van der Waals surface area contributed by atoms with E-state index in [9.17, 15) is 4.79 Å². The quantitative estimate of drug-likeness (QED) is 0.367. The van der Waals surface area contributed by atoms with E-state index in [1.807, 2.05) is 0 Å². The van der Waals surface area contributed by atoms with Crippen LogP contribution in [0.3, 0.4) is 0 Å². The fourth-order valence-electron chi connectivity index (χ4n) is 2.56. The van der Waals surface area contributed by atoms with Gasteiger partial charge in [0.05, 0.1) is 0 Å². The van der Waals surface area contributed by atoms with E-state index in [4.69, 9.17) is 0 Å². The van der Waals surface area contributed by atoms with Crippen LogP contribution in [0.15, 0.2) is 11.6 Å². The van der Waals surface area contributed by atoms with Crippen molar-refractivity contribution in [2.24, 2.45) is 11.3 Å². The summed E-state index contributed by atoms with van der Waals surface area (Å²) in [6.45, 7) is 6.79. The summed E-state index contributed by atoms with van der Waals surface area (Å²) in [5, 5.41) is 0. The average molecular weight is 222 g/mol. The van der Waals surface area contributed by atoms with Crippen molar-refractivity contribution >= 4 is 6.29 Å². The van der Waals surface area contributed by atoms with Crippen LogP contribution in [0.25, 0.3) is 0 Å².